The predicted molar refractivity (Wildman–Crippen MR) is 145 cm³/mol. The number of fused-ring (bicyclic) bond motifs is 2. The van der Waals surface area contributed by atoms with Gasteiger partial charge >= 0.3 is 0 Å². The minimum Gasteiger partial charge on any atom is -0.497 e. The Balaban J connectivity index is 1.28. The van der Waals surface area contributed by atoms with Crippen molar-refractivity contribution in [3.63, 3.8) is 0 Å². The first-order valence-corrected chi connectivity index (χ1v) is 12.7. The number of tetrazole rings is 1. The molecule has 0 atom stereocenters. The number of aromatic amines is 1. The molecule has 5 aromatic rings. The highest BCUT2D eigenvalue weighted by atomic mass is 16.6. The van der Waals surface area contributed by atoms with Crippen LogP contribution >= 0.6 is 0 Å². The molecule has 0 fully saturated rings. The minimum absolute atomic E-state index is 0.143. The molecule has 0 amide bonds. The number of pyridine rings is 1. The molecule has 0 bridgehead atoms. The lowest BCUT2D eigenvalue weighted by atomic mass is 10.1. The van der Waals surface area contributed by atoms with Gasteiger partial charge in [-0.15, -0.1) is 5.10 Å². The van der Waals surface area contributed by atoms with Crippen molar-refractivity contribution in [1.82, 2.24) is 30.1 Å². The summed E-state index contributed by atoms with van der Waals surface area (Å²) in [5.74, 6) is 2.83. The Morgan fingerprint density at radius 1 is 0.923 bits per heavy atom. The molecule has 0 saturated carbocycles. The number of hydrogen-bond acceptors (Lipinski definition) is 8. The van der Waals surface area contributed by atoms with Gasteiger partial charge in [0.2, 0.25) is 0 Å². The van der Waals surface area contributed by atoms with E-state index in [1.54, 1.807) is 11.8 Å². The summed E-state index contributed by atoms with van der Waals surface area (Å²) in [5.41, 5.74) is 3.40. The van der Waals surface area contributed by atoms with E-state index in [1.165, 1.54) is 0 Å². The zero-order chi connectivity index (χ0) is 26.6. The van der Waals surface area contributed by atoms with Crippen LogP contribution in [-0.4, -0.2) is 50.4 Å². The van der Waals surface area contributed by atoms with Crippen molar-refractivity contribution in [2.45, 2.75) is 26.2 Å². The summed E-state index contributed by atoms with van der Waals surface area (Å²) in [6, 6.07) is 23.6. The van der Waals surface area contributed by atoms with Crippen molar-refractivity contribution >= 4 is 10.9 Å². The third-order valence-corrected chi connectivity index (χ3v) is 6.69. The van der Waals surface area contributed by atoms with Crippen molar-refractivity contribution in [3.8, 4) is 17.2 Å². The third kappa shape index (κ3) is 5.60. The second kappa shape index (κ2) is 11.0. The van der Waals surface area contributed by atoms with E-state index in [9.17, 15) is 4.79 Å². The number of nitrogens with one attached hydrogen (secondary N) is 1. The first kappa shape index (κ1) is 24.6. The zero-order valence-electron chi connectivity index (χ0n) is 21.5. The number of rotatable bonds is 9. The van der Waals surface area contributed by atoms with E-state index in [4.69, 9.17) is 14.2 Å². The van der Waals surface area contributed by atoms with Crippen LogP contribution in [0.1, 0.15) is 22.5 Å². The Morgan fingerprint density at radius 2 is 1.69 bits per heavy atom. The maximum absolute atomic E-state index is 13.1. The Hall–Kier alpha value is -4.70. The molecule has 0 radical (unpaired) electrons. The SMILES string of the molecule is COc1ccc(Cn2nnnc2CN(Cc2ccccc2)Cc2cc3cc4c(cc3[nH]c2=O)OCCO4)cc1. The largest absolute Gasteiger partial charge is 0.497 e. The van der Waals surface area contributed by atoms with Crippen LogP contribution in [0.5, 0.6) is 17.2 Å². The van der Waals surface area contributed by atoms with Gasteiger partial charge in [0.25, 0.3) is 5.56 Å². The van der Waals surface area contributed by atoms with Gasteiger partial charge in [0, 0.05) is 30.1 Å². The first-order valence-electron chi connectivity index (χ1n) is 12.7. The standard InChI is InChI=1S/C29H28N6O4/c1-37-24-9-7-21(8-10-24)17-35-28(31-32-33-35)19-34(16-20-5-3-2-4-6-20)18-23-13-22-14-26-27(39-12-11-38-26)15-25(22)30-29(23)36/h2-10,13-15H,11-12,16-19H2,1H3,(H,30,36). The average Bonchev–Trinajstić information content (AvgIpc) is 3.39. The smallest absolute Gasteiger partial charge is 0.252 e. The van der Waals surface area contributed by atoms with Crippen LogP contribution in [0, 0.1) is 0 Å². The summed E-state index contributed by atoms with van der Waals surface area (Å²) < 4.78 is 18.5. The summed E-state index contributed by atoms with van der Waals surface area (Å²) in [5, 5.41) is 13.4. The number of aromatic nitrogens is 5. The molecule has 3 heterocycles. The van der Waals surface area contributed by atoms with Gasteiger partial charge in [0.05, 0.1) is 25.7 Å². The van der Waals surface area contributed by atoms with Crippen LogP contribution in [0.2, 0.25) is 0 Å². The van der Waals surface area contributed by atoms with E-state index in [1.807, 2.05) is 60.7 Å². The number of benzene rings is 3. The highest BCUT2D eigenvalue weighted by Crippen LogP contribution is 2.33. The van der Waals surface area contributed by atoms with Crippen LogP contribution < -0.4 is 19.8 Å². The lowest BCUT2D eigenvalue weighted by Gasteiger charge is -2.22. The van der Waals surface area contributed by atoms with Crippen LogP contribution in [-0.2, 0) is 26.2 Å². The third-order valence-electron chi connectivity index (χ3n) is 6.69. The molecular formula is C29H28N6O4. The van der Waals surface area contributed by atoms with Crippen molar-refractivity contribution in [2.24, 2.45) is 0 Å². The van der Waals surface area contributed by atoms with Gasteiger partial charge < -0.3 is 19.2 Å². The van der Waals surface area contributed by atoms with Gasteiger partial charge in [-0.25, -0.2) is 4.68 Å². The summed E-state index contributed by atoms with van der Waals surface area (Å²) in [6.07, 6.45) is 0. The molecule has 39 heavy (non-hydrogen) atoms. The molecule has 1 aliphatic rings. The number of H-pyrrole nitrogens is 1. The fourth-order valence-electron chi connectivity index (χ4n) is 4.72. The summed E-state index contributed by atoms with van der Waals surface area (Å²) in [6.45, 7) is 3.00. The molecule has 1 N–H and O–H groups in total. The molecule has 10 nitrogen and oxygen atoms in total. The zero-order valence-corrected chi connectivity index (χ0v) is 21.5. The maximum atomic E-state index is 13.1. The van der Waals surface area contributed by atoms with Crippen LogP contribution in [0.15, 0.2) is 77.6 Å². The van der Waals surface area contributed by atoms with E-state index in [-0.39, 0.29) is 5.56 Å². The molecule has 2 aromatic heterocycles. The molecule has 1 aliphatic heterocycles. The second-order valence-corrected chi connectivity index (χ2v) is 9.44. The van der Waals surface area contributed by atoms with Gasteiger partial charge in [-0.2, -0.15) is 0 Å². The van der Waals surface area contributed by atoms with Crippen molar-refractivity contribution in [3.05, 3.63) is 106 Å². The Bertz CT molecular complexity index is 1630. The number of hydrogen-bond donors (Lipinski definition) is 1. The Kier molecular flexibility index (Phi) is 6.92. The fraction of sp³-hybridized carbons (Fsp3) is 0.241. The van der Waals surface area contributed by atoms with E-state index in [2.05, 4.69) is 37.5 Å². The first-order chi connectivity index (χ1) is 19.1. The molecule has 6 rings (SSSR count). The number of nitrogens with zero attached hydrogens (tertiary/aromatic N) is 5. The average molecular weight is 525 g/mol. The number of ether oxygens (including phenoxy) is 3. The molecular weight excluding hydrogens is 496 g/mol. The lowest BCUT2D eigenvalue weighted by molar-refractivity contribution is 0.172. The molecule has 3 aromatic carbocycles. The summed E-state index contributed by atoms with van der Waals surface area (Å²) >= 11 is 0. The van der Waals surface area contributed by atoms with E-state index in [0.29, 0.717) is 67.8 Å². The van der Waals surface area contributed by atoms with Crippen LogP contribution in [0.4, 0.5) is 0 Å². The van der Waals surface area contributed by atoms with Crippen molar-refractivity contribution in [1.29, 1.82) is 0 Å². The molecule has 0 aliphatic carbocycles. The Labute approximate surface area is 224 Å². The summed E-state index contributed by atoms with van der Waals surface area (Å²) in [7, 11) is 1.65. The highest BCUT2D eigenvalue weighted by molar-refractivity contribution is 5.83. The van der Waals surface area contributed by atoms with Gasteiger partial charge in [0.1, 0.15) is 19.0 Å². The Morgan fingerprint density at radius 3 is 2.46 bits per heavy atom. The van der Waals surface area contributed by atoms with E-state index >= 15 is 0 Å². The molecule has 10 heteroatoms. The highest BCUT2D eigenvalue weighted by Gasteiger charge is 2.18. The number of methoxy groups -OCH3 is 1. The minimum atomic E-state index is -0.143. The van der Waals surface area contributed by atoms with Gasteiger partial charge in [-0.1, -0.05) is 42.5 Å². The molecule has 0 unspecified atom stereocenters. The van der Waals surface area contributed by atoms with Gasteiger partial charge in [0.15, 0.2) is 17.3 Å². The molecule has 0 saturated heterocycles. The molecule has 198 valence electrons. The summed E-state index contributed by atoms with van der Waals surface area (Å²) in [4.78, 5) is 18.3. The van der Waals surface area contributed by atoms with Gasteiger partial charge in [-0.05, 0) is 45.8 Å². The topological polar surface area (TPSA) is 107 Å². The molecule has 0 spiro atoms. The van der Waals surface area contributed by atoms with Crippen molar-refractivity contribution in [2.75, 3.05) is 20.3 Å². The van der Waals surface area contributed by atoms with Gasteiger partial charge in [-0.3, -0.25) is 9.69 Å². The lowest BCUT2D eigenvalue weighted by Crippen LogP contribution is -2.28. The van der Waals surface area contributed by atoms with Crippen molar-refractivity contribution < 1.29 is 14.2 Å². The fourth-order valence-corrected chi connectivity index (χ4v) is 4.72. The van der Waals surface area contributed by atoms with E-state index < -0.39 is 0 Å². The quantitative estimate of drug-likeness (QED) is 0.312. The maximum Gasteiger partial charge on any atom is 0.252 e. The van der Waals surface area contributed by atoms with Crippen LogP contribution in [0.3, 0.4) is 0 Å². The normalized spacial score (nSPS) is 12.7. The van der Waals surface area contributed by atoms with E-state index in [0.717, 1.165) is 22.3 Å². The predicted octanol–water partition coefficient (Wildman–Crippen LogP) is 3.55. The van der Waals surface area contributed by atoms with Crippen LogP contribution in [0.25, 0.3) is 10.9 Å². The second-order valence-electron chi connectivity index (χ2n) is 9.44. The monoisotopic (exact) mass is 524 g/mol.